The zero-order valence-electron chi connectivity index (χ0n) is 7.50. The summed E-state index contributed by atoms with van der Waals surface area (Å²) in [5.74, 6) is 2.88. The first kappa shape index (κ1) is 8.31. The smallest absolute Gasteiger partial charge is 0.0931 e. The Hall–Kier alpha value is -0.0100. The van der Waals surface area contributed by atoms with E-state index < -0.39 is 0 Å². The maximum Gasteiger partial charge on any atom is 0.0931 e. The van der Waals surface area contributed by atoms with Crippen LogP contribution in [0.5, 0.6) is 0 Å². The molecule has 0 amide bonds. The Labute approximate surface area is 87.9 Å². The highest BCUT2D eigenvalue weighted by Gasteiger charge is 2.40. The fourth-order valence-electron chi connectivity index (χ4n) is 3.12. The van der Waals surface area contributed by atoms with Gasteiger partial charge >= 0.3 is 0 Å². The van der Waals surface area contributed by atoms with Crippen LogP contribution in [-0.2, 0) is 0 Å². The van der Waals surface area contributed by atoms with E-state index in [1.54, 1.807) is 11.3 Å². The van der Waals surface area contributed by atoms with E-state index in [4.69, 9.17) is 11.6 Å². The molecule has 13 heavy (non-hydrogen) atoms. The normalized spacial score (nSPS) is 37.2. The summed E-state index contributed by atoms with van der Waals surface area (Å²) in [7, 11) is 0. The van der Waals surface area contributed by atoms with Gasteiger partial charge < -0.3 is 0 Å². The van der Waals surface area contributed by atoms with Gasteiger partial charge in [-0.1, -0.05) is 18.0 Å². The molecule has 2 aliphatic rings. The van der Waals surface area contributed by atoms with E-state index >= 15 is 0 Å². The van der Waals surface area contributed by atoms with Gasteiger partial charge in [-0.05, 0) is 49.1 Å². The first-order valence-corrected chi connectivity index (χ1v) is 6.27. The van der Waals surface area contributed by atoms with Gasteiger partial charge in [0, 0.05) is 4.88 Å². The van der Waals surface area contributed by atoms with Crippen LogP contribution in [0, 0.1) is 11.8 Å². The average Bonchev–Trinajstić information content (AvgIpc) is 2.77. The predicted octanol–water partition coefficient (Wildman–Crippen LogP) is 4.31. The van der Waals surface area contributed by atoms with Crippen LogP contribution in [-0.4, -0.2) is 0 Å². The minimum Gasteiger partial charge on any atom is -0.128 e. The molecule has 2 fully saturated rings. The average molecular weight is 213 g/mol. The fraction of sp³-hybridized carbons (Fsp3) is 0.636. The lowest BCUT2D eigenvalue weighted by Gasteiger charge is -2.19. The highest BCUT2D eigenvalue weighted by Crippen LogP contribution is 2.54. The zero-order chi connectivity index (χ0) is 8.84. The summed E-state index contributed by atoms with van der Waals surface area (Å²) in [5.41, 5.74) is 0. The largest absolute Gasteiger partial charge is 0.128 e. The molecule has 3 unspecified atom stereocenters. The van der Waals surface area contributed by atoms with Crippen molar-refractivity contribution in [2.45, 2.75) is 31.6 Å². The van der Waals surface area contributed by atoms with E-state index in [-0.39, 0.29) is 0 Å². The van der Waals surface area contributed by atoms with Crippen molar-refractivity contribution in [2.75, 3.05) is 0 Å². The van der Waals surface area contributed by atoms with Crippen molar-refractivity contribution in [3.8, 4) is 0 Å². The SMILES string of the molecule is Clc1ccc(C2CC3CCC2C3)s1. The summed E-state index contributed by atoms with van der Waals surface area (Å²) < 4.78 is 0.956. The Balaban J connectivity index is 1.87. The van der Waals surface area contributed by atoms with Gasteiger partial charge in [0.1, 0.15) is 0 Å². The standard InChI is InChI=1S/C11H13ClS/c12-11-4-3-10(13-11)9-6-7-1-2-8(9)5-7/h3-4,7-9H,1-2,5-6H2. The molecule has 3 atom stereocenters. The van der Waals surface area contributed by atoms with Gasteiger partial charge in [0.05, 0.1) is 4.34 Å². The molecule has 0 aromatic carbocycles. The third kappa shape index (κ3) is 1.33. The van der Waals surface area contributed by atoms with Gasteiger partial charge in [-0.2, -0.15) is 0 Å². The summed E-state index contributed by atoms with van der Waals surface area (Å²) in [6.45, 7) is 0. The molecule has 0 aliphatic heterocycles. The lowest BCUT2D eigenvalue weighted by atomic mass is 9.88. The Bertz CT molecular complexity index is 318. The first-order valence-electron chi connectivity index (χ1n) is 5.08. The molecule has 1 aromatic heterocycles. The van der Waals surface area contributed by atoms with Crippen LogP contribution < -0.4 is 0 Å². The quantitative estimate of drug-likeness (QED) is 0.651. The third-order valence-electron chi connectivity index (χ3n) is 3.70. The molecule has 2 heteroatoms. The molecule has 2 saturated carbocycles. The second-order valence-electron chi connectivity index (χ2n) is 4.42. The molecule has 1 heterocycles. The lowest BCUT2D eigenvalue weighted by Crippen LogP contribution is -2.06. The molecular weight excluding hydrogens is 200 g/mol. The van der Waals surface area contributed by atoms with Gasteiger partial charge in [-0.15, -0.1) is 11.3 Å². The molecule has 0 spiro atoms. The van der Waals surface area contributed by atoms with Crippen LogP contribution in [0.1, 0.15) is 36.5 Å². The minimum atomic E-state index is 0.858. The van der Waals surface area contributed by atoms with Crippen molar-refractivity contribution in [1.29, 1.82) is 0 Å². The molecule has 0 saturated heterocycles. The Morgan fingerprint density at radius 2 is 2.15 bits per heavy atom. The van der Waals surface area contributed by atoms with Gasteiger partial charge in [0.2, 0.25) is 0 Å². The van der Waals surface area contributed by atoms with E-state index in [2.05, 4.69) is 6.07 Å². The van der Waals surface area contributed by atoms with Crippen LogP contribution in [0.4, 0.5) is 0 Å². The van der Waals surface area contributed by atoms with Gasteiger partial charge in [0.25, 0.3) is 0 Å². The fourth-order valence-corrected chi connectivity index (χ4v) is 4.39. The second kappa shape index (κ2) is 2.99. The van der Waals surface area contributed by atoms with Crippen molar-refractivity contribution >= 4 is 22.9 Å². The Kier molecular flexibility index (Phi) is 1.91. The van der Waals surface area contributed by atoms with Gasteiger partial charge in [-0.25, -0.2) is 0 Å². The molecule has 3 rings (SSSR count). The number of rotatable bonds is 1. The number of halogens is 1. The number of thiophene rings is 1. The predicted molar refractivity (Wildman–Crippen MR) is 57.5 cm³/mol. The highest BCUT2D eigenvalue weighted by molar-refractivity contribution is 7.16. The van der Waals surface area contributed by atoms with Crippen molar-refractivity contribution in [1.82, 2.24) is 0 Å². The first-order chi connectivity index (χ1) is 6.33. The van der Waals surface area contributed by atoms with E-state index in [9.17, 15) is 0 Å². The van der Waals surface area contributed by atoms with Gasteiger partial charge in [-0.3, -0.25) is 0 Å². The molecule has 0 nitrogen and oxygen atoms in total. The van der Waals surface area contributed by atoms with Crippen molar-refractivity contribution in [3.05, 3.63) is 21.3 Å². The summed E-state index contributed by atoms with van der Waals surface area (Å²) >= 11 is 7.75. The molecule has 0 radical (unpaired) electrons. The van der Waals surface area contributed by atoms with E-state index in [1.807, 2.05) is 6.07 Å². The minimum absolute atomic E-state index is 0.858. The van der Waals surface area contributed by atoms with Crippen LogP contribution in [0.15, 0.2) is 12.1 Å². The Morgan fingerprint density at radius 1 is 1.23 bits per heavy atom. The maximum atomic E-state index is 5.96. The summed E-state index contributed by atoms with van der Waals surface area (Å²) in [4.78, 5) is 1.54. The highest BCUT2D eigenvalue weighted by atomic mass is 35.5. The lowest BCUT2D eigenvalue weighted by molar-refractivity contribution is 0.424. The van der Waals surface area contributed by atoms with Crippen molar-refractivity contribution < 1.29 is 0 Å². The summed E-state index contributed by atoms with van der Waals surface area (Å²) in [5, 5.41) is 0. The van der Waals surface area contributed by atoms with E-state index in [0.29, 0.717) is 0 Å². The van der Waals surface area contributed by atoms with E-state index in [1.165, 1.54) is 30.6 Å². The van der Waals surface area contributed by atoms with Gasteiger partial charge in [0.15, 0.2) is 0 Å². The molecule has 70 valence electrons. The van der Waals surface area contributed by atoms with E-state index in [0.717, 1.165) is 22.1 Å². The second-order valence-corrected chi connectivity index (χ2v) is 6.17. The topological polar surface area (TPSA) is 0 Å². The molecule has 1 aromatic rings. The number of hydrogen-bond acceptors (Lipinski definition) is 1. The van der Waals surface area contributed by atoms with Crippen molar-refractivity contribution in [3.63, 3.8) is 0 Å². The Morgan fingerprint density at radius 3 is 2.69 bits per heavy atom. The maximum absolute atomic E-state index is 5.96. The van der Waals surface area contributed by atoms with Crippen LogP contribution in [0.3, 0.4) is 0 Å². The summed E-state index contributed by atoms with van der Waals surface area (Å²) in [6, 6.07) is 4.28. The van der Waals surface area contributed by atoms with Crippen LogP contribution in [0.2, 0.25) is 4.34 Å². The summed E-state index contributed by atoms with van der Waals surface area (Å²) in [6.07, 6.45) is 5.87. The monoisotopic (exact) mass is 212 g/mol. The van der Waals surface area contributed by atoms with Crippen molar-refractivity contribution in [2.24, 2.45) is 11.8 Å². The van der Waals surface area contributed by atoms with Crippen LogP contribution >= 0.6 is 22.9 Å². The third-order valence-corrected chi connectivity index (χ3v) is 5.06. The molecule has 0 N–H and O–H groups in total. The number of hydrogen-bond donors (Lipinski definition) is 0. The molecular formula is C11H13ClS. The molecule has 2 aliphatic carbocycles. The zero-order valence-corrected chi connectivity index (χ0v) is 9.07. The van der Waals surface area contributed by atoms with Crippen LogP contribution in [0.25, 0.3) is 0 Å². The molecule has 2 bridgehead atoms. The number of fused-ring (bicyclic) bond motifs is 2.